The number of thioether (sulfide) groups is 1. The van der Waals surface area contributed by atoms with Gasteiger partial charge < -0.3 is 10.6 Å². The van der Waals surface area contributed by atoms with E-state index in [0.717, 1.165) is 19.3 Å². The van der Waals surface area contributed by atoms with Crippen LogP contribution in [0.5, 0.6) is 0 Å². The monoisotopic (exact) mass is 296 g/mol. The fourth-order valence-electron chi connectivity index (χ4n) is 2.94. The third kappa shape index (κ3) is 2.72. The number of hydrogen-bond donors (Lipinski definition) is 2. The standard InChI is InChI=1S/C12H19F3N2OS/c1-19-9-4-2-3-8(9)17-10(18)11(12(13,14)15)5-6-16-7-11/h8-9,16H,2-7H2,1H3,(H,17,18). The molecule has 3 unspecified atom stereocenters. The summed E-state index contributed by atoms with van der Waals surface area (Å²) in [6.07, 6.45) is -0.0193. The molecule has 110 valence electrons. The highest BCUT2D eigenvalue weighted by Gasteiger charge is 2.61. The van der Waals surface area contributed by atoms with E-state index in [1.165, 1.54) is 0 Å². The third-order valence-corrected chi connectivity index (χ3v) is 5.37. The van der Waals surface area contributed by atoms with Gasteiger partial charge in [-0.1, -0.05) is 6.42 Å². The van der Waals surface area contributed by atoms with Gasteiger partial charge in [0.25, 0.3) is 0 Å². The topological polar surface area (TPSA) is 41.1 Å². The van der Waals surface area contributed by atoms with Gasteiger partial charge in [0, 0.05) is 17.8 Å². The van der Waals surface area contributed by atoms with Crippen molar-refractivity contribution >= 4 is 17.7 Å². The first-order chi connectivity index (χ1) is 8.90. The first-order valence-corrected chi connectivity index (χ1v) is 7.81. The normalized spacial score (nSPS) is 35.6. The minimum Gasteiger partial charge on any atom is -0.351 e. The third-order valence-electron chi connectivity index (χ3n) is 4.20. The van der Waals surface area contributed by atoms with Crippen LogP contribution < -0.4 is 10.6 Å². The molecule has 1 aliphatic heterocycles. The molecule has 3 atom stereocenters. The zero-order valence-corrected chi connectivity index (χ0v) is 11.7. The Morgan fingerprint density at radius 2 is 2.16 bits per heavy atom. The lowest BCUT2D eigenvalue weighted by Crippen LogP contribution is -2.55. The van der Waals surface area contributed by atoms with Gasteiger partial charge in [0.05, 0.1) is 0 Å². The zero-order chi connectivity index (χ0) is 14.1. The van der Waals surface area contributed by atoms with E-state index in [-0.39, 0.29) is 30.8 Å². The van der Waals surface area contributed by atoms with Crippen molar-refractivity contribution in [2.75, 3.05) is 19.3 Å². The van der Waals surface area contributed by atoms with Crippen molar-refractivity contribution in [1.82, 2.24) is 10.6 Å². The summed E-state index contributed by atoms with van der Waals surface area (Å²) < 4.78 is 39.6. The molecule has 0 aromatic heterocycles. The molecule has 0 bridgehead atoms. The van der Waals surface area contributed by atoms with Crippen LogP contribution in [0.25, 0.3) is 0 Å². The highest BCUT2D eigenvalue weighted by molar-refractivity contribution is 7.99. The Hall–Kier alpha value is -0.430. The van der Waals surface area contributed by atoms with Crippen molar-refractivity contribution in [2.24, 2.45) is 5.41 Å². The first kappa shape index (κ1) is 15.0. The Kier molecular flexibility index (Phi) is 4.35. The second-order valence-electron chi connectivity index (χ2n) is 5.29. The molecule has 7 heteroatoms. The maximum atomic E-state index is 13.2. The number of hydrogen-bond acceptors (Lipinski definition) is 3. The van der Waals surface area contributed by atoms with Gasteiger partial charge in [-0.25, -0.2) is 0 Å². The van der Waals surface area contributed by atoms with Crippen molar-refractivity contribution in [1.29, 1.82) is 0 Å². The average Bonchev–Trinajstić information content (AvgIpc) is 2.96. The number of carbonyl (C=O) groups is 1. The largest absolute Gasteiger partial charge is 0.404 e. The maximum absolute atomic E-state index is 13.2. The molecular formula is C12H19F3N2OS. The Morgan fingerprint density at radius 1 is 1.42 bits per heavy atom. The molecule has 0 aromatic carbocycles. The molecule has 2 N–H and O–H groups in total. The quantitative estimate of drug-likeness (QED) is 0.836. The highest BCUT2D eigenvalue weighted by atomic mass is 32.2. The number of rotatable bonds is 3. The molecule has 3 nitrogen and oxygen atoms in total. The summed E-state index contributed by atoms with van der Waals surface area (Å²) in [7, 11) is 0. The minimum absolute atomic E-state index is 0.123. The second kappa shape index (κ2) is 5.52. The molecule has 1 saturated heterocycles. The molecule has 1 aliphatic carbocycles. The van der Waals surface area contributed by atoms with Crippen molar-refractivity contribution in [3.8, 4) is 0 Å². The van der Waals surface area contributed by atoms with Crippen LogP contribution in [0.2, 0.25) is 0 Å². The molecule has 19 heavy (non-hydrogen) atoms. The smallest absolute Gasteiger partial charge is 0.351 e. The van der Waals surface area contributed by atoms with Crippen LogP contribution in [0, 0.1) is 5.41 Å². The predicted molar refractivity (Wildman–Crippen MR) is 69.1 cm³/mol. The van der Waals surface area contributed by atoms with Crippen molar-refractivity contribution in [3.63, 3.8) is 0 Å². The van der Waals surface area contributed by atoms with Crippen LogP contribution in [0.15, 0.2) is 0 Å². The van der Waals surface area contributed by atoms with Gasteiger partial charge in [-0.05, 0) is 32.1 Å². The number of halogens is 3. The van der Waals surface area contributed by atoms with Gasteiger partial charge in [-0.15, -0.1) is 0 Å². The summed E-state index contributed by atoms with van der Waals surface area (Å²) >= 11 is 1.62. The summed E-state index contributed by atoms with van der Waals surface area (Å²) in [5, 5.41) is 5.55. The van der Waals surface area contributed by atoms with E-state index in [2.05, 4.69) is 10.6 Å². The lowest BCUT2D eigenvalue weighted by molar-refractivity contribution is -0.216. The van der Waals surface area contributed by atoms with Crippen LogP contribution in [0.4, 0.5) is 13.2 Å². The van der Waals surface area contributed by atoms with E-state index in [9.17, 15) is 18.0 Å². The predicted octanol–water partition coefficient (Wildman–Crippen LogP) is 1.93. The van der Waals surface area contributed by atoms with Crippen molar-refractivity contribution in [3.05, 3.63) is 0 Å². The first-order valence-electron chi connectivity index (χ1n) is 6.52. The Labute approximate surface area is 115 Å². The highest BCUT2D eigenvalue weighted by Crippen LogP contribution is 2.43. The van der Waals surface area contributed by atoms with Crippen LogP contribution in [-0.4, -0.2) is 42.7 Å². The molecule has 1 saturated carbocycles. The van der Waals surface area contributed by atoms with Crippen LogP contribution in [0.1, 0.15) is 25.7 Å². The molecule has 0 aromatic rings. The van der Waals surface area contributed by atoms with Crippen LogP contribution in [0.3, 0.4) is 0 Å². The van der Waals surface area contributed by atoms with Crippen molar-refractivity contribution in [2.45, 2.75) is 43.2 Å². The van der Waals surface area contributed by atoms with E-state index in [1.807, 2.05) is 6.26 Å². The SMILES string of the molecule is CSC1CCCC1NC(=O)C1(C(F)(F)F)CCNC1. The van der Waals surface area contributed by atoms with Crippen LogP contribution >= 0.6 is 11.8 Å². The molecule has 1 heterocycles. The van der Waals surface area contributed by atoms with E-state index in [1.54, 1.807) is 11.8 Å². The molecule has 2 fully saturated rings. The number of amides is 1. The summed E-state index contributed by atoms with van der Waals surface area (Å²) in [5.41, 5.74) is -2.24. The minimum atomic E-state index is -4.49. The number of nitrogens with one attached hydrogen (secondary N) is 2. The lowest BCUT2D eigenvalue weighted by atomic mass is 9.85. The summed E-state index contributed by atoms with van der Waals surface area (Å²) in [5.74, 6) is -0.851. The van der Waals surface area contributed by atoms with E-state index in [0.29, 0.717) is 0 Å². The van der Waals surface area contributed by atoms with Crippen LogP contribution in [-0.2, 0) is 4.79 Å². The molecule has 2 aliphatic rings. The van der Waals surface area contributed by atoms with Crippen molar-refractivity contribution < 1.29 is 18.0 Å². The molecular weight excluding hydrogens is 277 g/mol. The summed E-state index contributed by atoms with van der Waals surface area (Å²) in [6.45, 7) is -0.0669. The number of carbonyl (C=O) groups excluding carboxylic acids is 1. The molecule has 0 radical (unpaired) electrons. The maximum Gasteiger partial charge on any atom is 0.404 e. The average molecular weight is 296 g/mol. The van der Waals surface area contributed by atoms with E-state index in [4.69, 9.17) is 0 Å². The molecule has 1 amide bonds. The van der Waals surface area contributed by atoms with Gasteiger partial charge in [-0.2, -0.15) is 24.9 Å². The summed E-state index contributed by atoms with van der Waals surface area (Å²) in [6, 6.07) is -0.123. The molecule has 0 spiro atoms. The fourth-order valence-corrected chi connectivity index (χ4v) is 3.87. The fraction of sp³-hybridized carbons (Fsp3) is 0.917. The van der Waals surface area contributed by atoms with E-state index < -0.39 is 17.5 Å². The van der Waals surface area contributed by atoms with Gasteiger partial charge in [0.1, 0.15) is 0 Å². The Bertz CT molecular complexity index is 342. The van der Waals surface area contributed by atoms with Gasteiger partial charge >= 0.3 is 6.18 Å². The van der Waals surface area contributed by atoms with Gasteiger partial charge in [0.2, 0.25) is 5.91 Å². The molecule has 2 rings (SSSR count). The Balaban J connectivity index is 2.09. The zero-order valence-electron chi connectivity index (χ0n) is 10.8. The number of alkyl halides is 3. The van der Waals surface area contributed by atoms with E-state index >= 15 is 0 Å². The Morgan fingerprint density at radius 3 is 2.68 bits per heavy atom. The summed E-state index contributed by atoms with van der Waals surface area (Å²) in [4.78, 5) is 12.2. The second-order valence-corrected chi connectivity index (χ2v) is 6.37. The lowest BCUT2D eigenvalue weighted by Gasteiger charge is -2.31. The van der Waals surface area contributed by atoms with Gasteiger partial charge in [-0.3, -0.25) is 4.79 Å². The van der Waals surface area contributed by atoms with Gasteiger partial charge in [0.15, 0.2) is 5.41 Å².